The predicted octanol–water partition coefficient (Wildman–Crippen LogP) is 2.58. The SMILES string of the molecule is Cc1ccc2c(c1)O[C@@H](c1ccc3c(c1)OCCO3)C=C2NNC(N)=S. The van der Waals surface area contributed by atoms with E-state index in [1.165, 1.54) is 0 Å². The van der Waals surface area contributed by atoms with Crippen LogP contribution in [0.15, 0.2) is 42.5 Å². The molecule has 0 aromatic heterocycles. The van der Waals surface area contributed by atoms with Gasteiger partial charge in [0, 0.05) is 11.1 Å². The Morgan fingerprint density at radius 3 is 2.69 bits per heavy atom. The molecular formula is C19H19N3O3S. The Hall–Kier alpha value is -2.93. The summed E-state index contributed by atoms with van der Waals surface area (Å²) in [6.45, 7) is 3.14. The van der Waals surface area contributed by atoms with Gasteiger partial charge < -0.3 is 19.9 Å². The number of rotatable bonds is 3. The minimum atomic E-state index is -0.282. The Kier molecular flexibility index (Phi) is 4.30. The van der Waals surface area contributed by atoms with Crippen molar-refractivity contribution in [1.82, 2.24) is 10.9 Å². The van der Waals surface area contributed by atoms with Crippen LogP contribution in [0.1, 0.15) is 22.8 Å². The van der Waals surface area contributed by atoms with Gasteiger partial charge in [0.25, 0.3) is 0 Å². The van der Waals surface area contributed by atoms with Gasteiger partial charge in [0.15, 0.2) is 16.6 Å². The van der Waals surface area contributed by atoms with Gasteiger partial charge in [-0.05, 0) is 55.0 Å². The van der Waals surface area contributed by atoms with Crippen LogP contribution in [-0.2, 0) is 0 Å². The fourth-order valence-electron chi connectivity index (χ4n) is 3.00. The molecule has 0 amide bonds. The number of aryl methyl sites for hydroxylation is 1. The summed E-state index contributed by atoms with van der Waals surface area (Å²) < 4.78 is 17.5. The number of nitrogens with two attached hydrogens (primary N) is 1. The van der Waals surface area contributed by atoms with Gasteiger partial charge in [0.1, 0.15) is 25.1 Å². The lowest BCUT2D eigenvalue weighted by atomic mass is 10.00. The third-order valence-corrected chi connectivity index (χ3v) is 4.32. The van der Waals surface area contributed by atoms with E-state index in [9.17, 15) is 0 Å². The second kappa shape index (κ2) is 6.76. The van der Waals surface area contributed by atoms with Crippen molar-refractivity contribution in [3.05, 3.63) is 59.2 Å². The zero-order chi connectivity index (χ0) is 18.1. The van der Waals surface area contributed by atoms with Gasteiger partial charge in [0.05, 0.1) is 5.70 Å². The molecule has 1 atom stereocenters. The maximum absolute atomic E-state index is 6.22. The Labute approximate surface area is 156 Å². The molecule has 6 nitrogen and oxygen atoms in total. The summed E-state index contributed by atoms with van der Waals surface area (Å²) in [6, 6.07) is 11.9. The van der Waals surface area contributed by atoms with Crippen LogP contribution in [-0.4, -0.2) is 18.3 Å². The van der Waals surface area contributed by atoms with Crippen LogP contribution in [0.25, 0.3) is 5.70 Å². The van der Waals surface area contributed by atoms with Crippen molar-refractivity contribution >= 4 is 23.0 Å². The molecule has 0 fully saturated rings. The van der Waals surface area contributed by atoms with Gasteiger partial charge >= 0.3 is 0 Å². The first-order chi connectivity index (χ1) is 12.6. The average molecular weight is 369 g/mol. The average Bonchev–Trinajstić information content (AvgIpc) is 2.65. The van der Waals surface area contributed by atoms with Crippen molar-refractivity contribution < 1.29 is 14.2 Å². The maximum atomic E-state index is 6.22. The molecule has 134 valence electrons. The molecule has 0 radical (unpaired) electrons. The van der Waals surface area contributed by atoms with Crippen LogP contribution < -0.4 is 30.8 Å². The van der Waals surface area contributed by atoms with E-state index >= 15 is 0 Å². The van der Waals surface area contributed by atoms with E-state index in [2.05, 4.69) is 10.9 Å². The van der Waals surface area contributed by atoms with Gasteiger partial charge in [0.2, 0.25) is 0 Å². The summed E-state index contributed by atoms with van der Waals surface area (Å²) in [4.78, 5) is 0. The van der Waals surface area contributed by atoms with Crippen LogP contribution >= 0.6 is 12.2 Å². The minimum absolute atomic E-state index is 0.168. The quantitative estimate of drug-likeness (QED) is 0.567. The molecule has 26 heavy (non-hydrogen) atoms. The van der Waals surface area contributed by atoms with E-state index < -0.39 is 0 Å². The third-order valence-electron chi connectivity index (χ3n) is 4.21. The van der Waals surface area contributed by atoms with E-state index in [0.717, 1.165) is 39.6 Å². The van der Waals surface area contributed by atoms with Crippen LogP contribution in [0.5, 0.6) is 17.2 Å². The first kappa shape index (κ1) is 16.5. The molecule has 7 heteroatoms. The summed E-state index contributed by atoms with van der Waals surface area (Å²) in [5, 5.41) is 0.168. The van der Waals surface area contributed by atoms with Crippen LogP contribution in [0.3, 0.4) is 0 Å². The highest BCUT2D eigenvalue weighted by atomic mass is 32.1. The smallest absolute Gasteiger partial charge is 0.182 e. The Morgan fingerprint density at radius 1 is 1.08 bits per heavy atom. The zero-order valence-electron chi connectivity index (χ0n) is 14.2. The molecule has 2 aliphatic heterocycles. The number of fused-ring (bicyclic) bond motifs is 2. The molecule has 2 aromatic carbocycles. The van der Waals surface area contributed by atoms with Gasteiger partial charge in [-0.25, -0.2) is 0 Å². The number of hydrogen-bond donors (Lipinski definition) is 3. The molecule has 0 bridgehead atoms. The van der Waals surface area contributed by atoms with E-state index in [0.29, 0.717) is 13.2 Å². The van der Waals surface area contributed by atoms with Gasteiger partial charge in [-0.2, -0.15) is 0 Å². The topological polar surface area (TPSA) is 77.8 Å². The van der Waals surface area contributed by atoms with E-state index in [-0.39, 0.29) is 11.2 Å². The highest BCUT2D eigenvalue weighted by Gasteiger charge is 2.24. The van der Waals surface area contributed by atoms with E-state index in [4.69, 9.17) is 32.2 Å². The largest absolute Gasteiger partial charge is 0.486 e. The Bertz CT molecular complexity index is 898. The summed E-state index contributed by atoms with van der Waals surface area (Å²) in [7, 11) is 0. The van der Waals surface area contributed by atoms with Crippen LogP contribution in [0.4, 0.5) is 0 Å². The molecule has 0 saturated carbocycles. The number of nitrogens with one attached hydrogen (secondary N) is 2. The lowest BCUT2D eigenvalue weighted by Gasteiger charge is -2.28. The fraction of sp³-hybridized carbons (Fsp3) is 0.211. The second-order valence-corrected chi connectivity index (χ2v) is 6.58. The number of ether oxygens (including phenoxy) is 3. The van der Waals surface area contributed by atoms with Crippen molar-refractivity contribution in [2.45, 2.75) is 13.0 Å². The van der Waals surface area contributed by atoms with Gasteiger partial charge in [-0.3, -0.25) is 10.9 Å². The molecule has 0 spiro atoms. The Morgan fingerprint density at radius 2 is 1.88 bits per heavy atom. The molecule has 4 rings (SSSR count). The fourth-order valence-corrected chi connectivity index (χ4v) is 3.05. The molecule has 0 aliphatic carbocycles. The van der Waals surface area contributed by atoms with Crippen molar-refractivity contribution in [3.8, 4) is 17.2 Å². The summed E-state index contributed by atoms with van der Waals surface area (Å²) in [5.74, 6) is 2.28. The lowest BCUT2D eigenvalue weighted by Crippen LogP contribution is -2.40. The van der Waals surface area contributed by atoms with E-state index in [1.54, 1.807) is 0 Å². The zero-order valence-corrected chi connectivity index (χ0v) is 15.1. The van der Waals surface area contributed by atoms with Crippen molar-refractivity contribution in [3.63, 3.8) is 0 Å². The number of thiocarbonyl (C=S) groups is 1. The number of hydrogen-bond acceptors (Lipinski definition) is 5. The highest BCUT2D eigenvalue weighted by Crippen LogP contribution is 2.39. The van der Waals surface area contributed by atoms with E-state index in [1.807, 2.05) is 49.4 Å². The molecule has 4 N–H and O–H groups in total. The summed E-state index contributed by atoms with van der Waals surface area (Å²) in [5.41, 5.74) is 15.3. The summed E-state index contributed by atoms with van der Waals surface area (Å²) in [6.07, 6.45) is 1.70. The number of benzene rings is 2. The first-order valence-corrected chi connectivity index (χ1v) is 8.71. The molecule has 2 aromatic rings. The molecule has 0 saturated heterocycles. The van der Waals surface area contributed by atoms with Crippen molar-refractivity contribution in [2.75, 3.05) is 13.2 Å². The molecule has 2 heterocycles. The predicted molar refractivity (Wildman–Crippen MR) is 103 cm³/mol. The molecular weight excluding hydrogens is 350 g/mol. The third kappa shape index (κ3) is 3.25. The van der Waals surface area contributed by atoms with Gasteiger partial charge in [-0.1, -0.05) is 12.1 Å². The summed E-state index contributed by atoms with van der Waals surface area (Å²) >= 11 is 4.89. The second-order valence-electron chi connectivity index (χ2n) is 6.14. The van der Waals surface area contributed by atoms with Crippen molar-refractivity contribution in [1.29, 1.82) is 0 Å². The number of hydrazine groups is 1. The molecule has 2 aliphatic rings. The lowest BCUT2D eigenvalue weighted by molar-refractivity contribution is 0.170. The Balaban J connectivity index is 1.70. The monoisotopic (exact) mass is 369 g/mol. The molecule has 0 unspecified atom stereocenters. The normalized spacial score (nSPS) is 17.4. The van der Waals surface area contributed by atoms with Gasteiger partial charge in [-0.15, -0.1) is 0 Å². The highest BCUT2D eigenvalue weighted by molar-refractivity contribution is 7.80. The van der Waals surface area contributed by atoms with Crippen LogP contribution in [0.2, 0.25) is 0 Å². The first-order valence-electron chi connectivity index (χ1n) is 8.30. The standard InChI is InChI=1S/C19H19N3O3S/c1-11-2-4-13-14(21-22-19(20)26)10-16(25-17(13)8-11)12-3-5-15-18(9-12)24-7-6-23-15/h2-5,8-10,16,21H,6-7H2,1H3,(H3,20,22,26)/t16-/m1/s1. The maximum Gasteiger partial charge on any atom is 0.182 e. The minimum Gasteiger partial charge on any atom is -0.486 e. The van der Waals surface area contributed by atoms with Crippen LogP contribution in [0, 0.1) is 6.92 Å². The van der Waals surface area contributed by atoms with Crippen molar-refractivity contribution in [2.24, 2.45) is 5.73 Å².